The van der Waals surface area contributed by atoms with Crippen molar-refractivity contribution in [2.24, 2.45) is 0 Å². The molecule has 0 aliphatic rings. The van der Waals surface area contributed by atoms with Crippen LogP contribution >= 0.6 is 15.9 Å². The molecule has 0 radical (unpaired) electrons. The quantitative estimate of drug-likeness (QED) is 0.794. The van der Waals surface area contributed by atoms with E-state index < -0.39 is 0 Å². The molecule has 0 saturated heterocycles. The van der Waals surface area contributed by atoms with Crippen molar-refractivity contribution in [1.29, 1.82) is 0 Å². The van der Waals surface area contributed by atoms with Crippen LogP contribution in [0, 0.1) is 6.92 Å². The molecule has 0 heterocycles. The van der Waals surface area contributed by atoms with Gasteiger partial charge < -0.3 is 16.0 Å². The number of aryl methyl sites for hydroxylation is 1. The summed E-state index contributed by atoms with van der Waals surface area (Å²) in [6.45, 7) is 5.58. The SMILES string of the molecule is Cc1cc(NC(=O)CNC(=O)NC(C)C)ccc1Br. The lowest BCUT2D eigenvalue weighted by Gasteiger charge is -2.10. The Morgan fingerprint density at radius 3 is 2.58 bits per heavy atom. The molecule has 0 bridgehead atoms. The van der Waals surface area contributed by atoms with Crippen LogP contribution in [0.1, 0.15) is 19.4 Å². The molecule has 1 aromatic rings. The number of halogens is 1. The summed E-state index contributed by atoms with van der Waals surface area (Å²) in [6.07, 6.45) is 0. The maximum Gasteiger partial charge on any atom is 0.315 e. The maximum atomic E-state index is 11.6. The molecule has 0 spiro atoms. The summed E-state index contributed by atoms with van der Waals surface area (Å²) in [4.78, 5) is 22.9. The number of carbonyl (C=O) groups excluding carboxylic acids is 2. The van der Waals surface area contributed by atoms with Gasteiger partial charge in [-0.2, -0.15) is 0 Å². The van der Waals surface area contributed by atoms with Crippen LogP contribution in [0.15, 0.2) is 22.7 Å². The molecule has 5 nitrogen and oxygen atoms in total. The van der Waals surface area contributed by atoms with Gasteiger partial charge in [0.1, 0.15) is 0 Å². The van der Waals surface area contributed by atoms with Gasteiger partial charge in [0, 0.05) is 16.2 Å². The fourth-order valence-electron chi connectivity index (χ4n) is 1.40. The van der Waals surface area contributed by atoms with Crippen LogP contribution in [0.2, 0.25) is 0 Å². The molecule has 0 aliphatic heterocycles. The molecule has 1 aromatic carbocycles. The number of anilines is 1. The number of urea groups is 1. The predicted molar refractivity (Wildman–Crippen MR) is 79.2 cm³/mol. The zero-order valence-electron chi connectivity index (χ0n) is 11.2. The lowest BCUT2D eigenvalue weighted by Crippen LogP contribution is -2.42. The van der Waals surface area contributed by atoms with Crippen molar-refractivity contribution in [3.05, 3.63) is 28.2 Å². The van der Waals surface area contributed by atoms with Crippen molar-refractivity contribution in [3.8, 4) is 0 Å². The van der Waals surface area contributed by atoms with E-state index in [1.165, 1.54) is 0 Å². The van der Waals surface area contributed by atoms with E-state index in [0.29, 0.717) is 5.69 Å². The monoisotopic (exact) mass is 327 g/mol. The summed E-state index contributed by atoms with van der Waals surface area (Å²) in [5, 5.41) is 7.85. The number of amides is 3. The smallest absolute Gasteiger partial charge is 0.315 e. The van der Waals surface area contributed by atoms with Gasteiger partial charge in [-0.05, 0) is 44.5 Å². The molecule has 0 fully saturated rings. The van der Waals surface area contributed by atoms with Crippen LogP contribution in [0.4, 0.5) is 10.5 Å². The Morgan fingerprint density at radius 1 is 1.32 bits per heavy atom. The minimum Gasteiger partial charge on any atom is -0.336 e. The van der Waals surface area contributed by atoms with Gasteiger partial charge in [0.2, 0.25) is 5.91 Å². The van der Waals surface area contributed by atoms with Crippen LogP contribution < -0.4 is 16.0 Å². The second-order valence-electron chi connectivity index (χ2n) is 4.49. The van der Waals surface area contributed by atoms with Gasteiger partial charge in [0.25, 0.3) is 0 Å². The first-order chi connectivity index (χ1) is 8.88. The highest BCUT2D eigenvalue weighted by Crippen LogP contribution is 2.19. The number of hydrogen-bond acceptors (Lipinski definition) is 2. The first-order valence-electron chi connectivity index (χ1n) is 5.99. The Bertz CT molecular complexity index is 475. The Kier molecular flexibility index (Phi) is 5.82. The second kappa shape index (κ2) is 7.13. The Balaban J connectivity index is 2.43. The van der Waals surface area contributed by atoms with E-state index in [1.807, 2.05) is 32.9 Å². The summed E-state index contributed by atoms with van der Waals surface area (Å²) in [5.74, 6) is -0.263. The van der Waals surface area contributed by atoms with Crippen molar-refractivity contribution in [1.82, 2.24) is 10.6 Å². The maximum absolute atomic E-state index is 11.6. The number of rotatable bonds is 4. The average Bonchev–Trinajstić information content (AvgIpc) is 2.30. The number of nitrogens with one attached hydrogen (secondary N) is 3. The van der Waals surface area contributed by atoms with Crippen LogP contribution in [0.3, 0.4) is 0 Å². The van der Waals surface area contributed by atoms with Gasteiger partial charge in [-0.1, -0.05) is 15.9 Å². The third-order valence-corrected chi connectivity index (χ3v) is 3.16. The molecule has 6 heteroatoms. The zero-order chi connectivity index (χ0) is 14.4. The molecular formula is C13H18BrN3O2. The van der Waals surface area contributed by atoms with Crippen LogP contribution in [0.25, 0.3) is 0 Å². The number of hydrogen-bond donors (Lipinski definition) is 3. The van der Waals surface area contributed by atoms with Crippen LogP contribution in [0.5, 0.6) is 0 Å². The summed E-state index contributed by atoms with van der Waals surface area (Å²) in [5.41, 5.74) is 1.74. The topological polar surface area (TPSA) is 70.2 Å². The van der Waals surface area contributed by atoms with Crippen molar-refractivity contribution >= 4 is 33.6 Å². The molecule has 3 N–H and O–H groups in total. The van der Waals surface area contributed by atoms with Crippen molar-refractivity contribution in [2.75, 3.05) is 11.9 Å². The van der Waals surface area contributed by atoms with Crippen molar-refractivity contribution in [3.63, 3.8) is 0 Å². The Hall–Kier alpha value is -1.56. The number of carbonyl (C=O) groups is 2. The highest BCUT2D eigenvalue weighted by Gasteiger charge is 2.07. The van der Waals surface area contributed by atoms with E-state index in [9.17, 15) is 9.59 Å². The lowest BCUT2D eigenvalue weighted by molar-refractivity contribution is -0.115. The average molecular weight is 328 g/mol. The predicted octanol–water partition coefficient (Wildman–Crippen LogP) is 2.40. The summed E-state index contributed by atoms with van der Waals surface area (Å²) in [6, 6.07) is 5.21. The van der Waals surface area contributed by atoms with Crippen LogP contribution in [-0.2, 0) is 4.79 Å². The highest BCUT2D eigenvalue weighted by molar-refractivity contribution is 9.10. The number of benzene rings is 1. The van der Waals surface area contributed by atoms with E-state index in [-0.39, 0.29) is 24.5 Å². The van der Waals surface area contributed by atoms with Gasteiger partial charge in [0.05, 0.1) is 6.54 Å². The van der Waals surface area contributed by atoms with Gasteiger partial charge in [-0.15, -0.1) is 0 Å². The van der Waals surface area contributed by atoms with Crippen LogP contribution in [-0.4, -0.2) is 24.5 Å². The normalized spacial score (nSPS) is 10.2. The van der Waals surface area contributed by atoms with Gasteiger partial charge in [-0.3, -0.25) is 4.79 Å². The van der Waals surface area contributed by atoms with E-state index in [2.05, 4.69) is 31.9 Å². The van der Waals surface area contributed by atoms with E-state index in [1.54, 1.807) is 6.07 Å². The van der Waals surface area contributed by atoms with Crippen molar-refractivity contribution in [2.45, 2.75) is 26.8 Å². The first kappa shape index (κ1) is 15.5. The van der Waals surface area contributed by atoms with Gasteiger partial charge in [0.15, 0.2) is 0 Å². The summed E-state index contributed by atoms with van der Waals surface area (Å²) in [7, 11) is 0. The van der Waals surface area contributed by atoms with Crippen molar-refractivity contribution < 1.29 is 9.59 Å². The zero-order valence-corrected chi connectivity index (χ0v) is 12.8. The third-order valence-electron chi connectivity index (χ3n) is 2.27. The third kappa shape index (κ3) is 5.74. The fourth-order valence-corrected chi connectivity index (χ4v) is 1.65. The molecule has 0 atom stereocenters. The molecule has 104 valence electrons. The molecule has 1 rings (SSSR count). The highest BCUT2D eigenvalue weighted by atomic mass is 79.9. The molecule has 19 heavy (non-hydrogen) atoms. The Morgan fingerprint density at radius 2 is 2.00 bits per heavy atom. The first-order valence-corrected chi connectivity index (χ1v) is 6.78. The minimum atomic E-state index is -0.350. The molecule has 3 amide bonds. The largest absolute Gasteiger partial charge is 0.336 e. The van der Waals surface area contributed by atoms with E-state index >= 15 is 0 Å². The molecule has 0 aliphatic carbocycles. The summed E-state index contributed by atoms with van der Waals surface area (Å²) < 4.78 is 0.986. The van der Waals surface area contributed by atoms with E-state index in [0.717, 1.165) is 10.0 Å². The van der Waals surface area contributed by atoms with Gasteiger partial charge >= 0.3 is 6.03 Å². The molecule has 0 aromatic heterocycles. The summed E-state index contributed by atoms with van der Waals surface area (Å²) >= 11 is 3.39. The minimum absolute atomic E-state index is 0.0391. The lowest BCUT2D eigenvalue weighted by atomic mass is 10.2. The Labute approximate surface area is 121 Å². The molecular weight excluding hydrogens is 310 g/mol. The van der Waals surface area contributed by atoms with E-state index in [4.69, 9.17) is 0 Å². The second-order valence-corrected chi connectivity index (χ2v) is 5.35. The van der Waals surface area contributed by atoms with Gasteiger partial charge in [-0.25, -0.2) is 4.79 Å². The molecule has 0 saturated carbocycles. The fraction of sp³-hybridized carbons (Fsp3) is 0.385. The standard InChI is InChI=1S/C13H18BrN3O2/c1-8(2)16-13(19)15-7-12(18)17-10-4-5-11(14)9(3)6-10/h4-6,8H,7H2,1-3H3,(H,17,18)(H2,15,16,19). The molecule has 0 unspecified atom stereocenters.